The molecular weight excluding hydrogens is 441 g/mol. The highest BCUT2D eigenvalue weighted by Crippen LogP contribution is 2.07. The van der Waals surface area contributed by atoms with Gasteiger partial charge in [0.05, 0.1) is 13.1 Å². The molecule has 0 radical (unpaired) electrons. The molecule has 0 saturated heterocycles. The zero-order chi connectivity index (χ0) is 17.5. The Bertz CT molecular complexity index is 831. The molecule has 0 amide bonds. The van der Waals surface area contributed by atoms with Crippen LogP contribution in [0, 0.1) is 13.8 Å². The summed E-state index contributed by atoms with van der Waals surface area (Å²) in [6.07, 6.45) is 0. The Morgan fingerprint density at radius 2 is 1.77 bits per heavy atom. The van der Waals surface area contributed by atoms with E-state index in [1.165, 1.54) is 5.56 Å². The van der Waals surface area contributed by atoms with Gasteiger partial charge in [0.2, 0.25) is 5.89 Å². The first-order valence-corrected chi connectivity index (χ1v) is 8.14. The maximum atomic E-state index is 4.99. The summed E-state index contributed by atoms with van der Waals surface area (Å²) >= 11 is 0. The van der Waals surface area contributed by atoms with E-state index in [4.69, 9.17) is 4.52 Å². The largest absolute Gasteiger partial charge is 0.349 e. The van der Waals surface area contributed by atoms with Crippen LogP contribution in [0.3, 0.4) is 0 Å². The number of para-hydroxylation sites is 1. The quantitative estimate of drug-likeness (QED) is 0.339. The van der Waals surface area contributed by atoms with E-state index in [1.807, 2.05) is 30.3 Å². The Labute approximate surface area is 170 Å². The topological polar surface area (TPSA) is 75.3 Å². The second-order valence-corrected chi connectivity index (χ2v) is 5.72. The van der Waals surface area contributed by atoms with E-state index in [9.17, 15) is 0 Å². The van der Waals surface area contributed by atoms with Gasteiger partial charge in [-0.15, -0.1) is 24.0 Å². The van der Waals surface area contributed by atoms with E-state index in [2.05, 4.69) is 57.0 Å². The third kappa shape index (κ3) is 6.14. The normalized spacial score (nSPS) is 10.9. The van der Waals surface area contributed by atoms with Crippen molar-refractivity contribution in [3.8, 4) is 0 Å². The Morgan fingerprint density at radius 1 is 1.04 bits per heavy atom. The van der Waals surface area contributed by atoms with Gasteiger partial charge in [0.1, 0.15) is 0 Å². The van der Waals surface area contributed by atoms with Crippen molar-refractivity contribution < 1.29 is 4.52 Å². The average Bonchev–Trinajstić information content (AvgIpc) is 3.05. The summed E-state index contributed by atoms with van der Waals surface area (Å²) in [7, 11) is 0. The minimum absolute atomic E-state index is 0. The van der Waals surface area contributed by atoms with Gasteiger partial charge < -0.3 is 15.2 Å². The van der Waals surface area contributed by atoms with E-state index >= 15 is 0 Å². The van der Waals surface area contributed by atoms with Gasteiger partial charge in [-0.25, -0.2) is 4.99 Å². The lowest BCUT2D eigenvalue weighted by Gasteiger charge is -2.11. The monoisotopic (exact) mass is 463 g/mol. The third-order valence-corrected chi connectivity index (χ3v) is 3.56. The standard InChI is InChI=1S/C19H21N5O.HI/c1-14-8-10-16(11-9-14)12-20-19(23-17-6-4-3-5-7-17)21-13-18-22-15(2)25-24-18;/h3-11H,12-13H2,1-2H3,(H2,20,21,23);1H. The summed E-state index contributed by atoms with van der Waals surface area (Å²) < 4.78 is 4.99. The summed E-state index contributed by atoms with van der Waals surface area (Å²) in [5.74, 6) is 1.80. The number of aryl methyl sites for hydroxylation is 2. The molecule has 6 nitrogen and oxygen atoms in total. The van der Waals surface area contributed by atoms with E-state index in [0.29, 0.717) is 30.8 Å². The fraction of sp³-hybridized carbons (Fsp3) is 0.211. The molecular formula is C19H22IN5O. The average molecular weight is 463 g/mol. The molecule has 1 aromatic heterocycles. The van der Waals surface area contributed by atoms with Crippen LogP contribution in [0.1, 0.15) is 22.8 Å². The summed E-state index contributed by atoms with van der Waals surface area (Å²) in [4.78, 5) is 8.84. The summed E-state index contributed by atoms with van der Waals surface area (Å²) in [6, 6.07) is 18.2. The van der Waals surface area contributed by atoms with Crippen LogP contribution < -0.4 is 10.6 Å². The number of guanidine groups is 1. The molecule has 2 aromatic carbocycles. The van der Waals surface area contributed by atoms with Gasteiger partial charge in [0, 0.05) is 12.6 Å². The molecule has 136 valence electrons. The van der Waals surface area contributed by atoms with Gasteiger partial charge in [-0.2, -0.15) is 4.98 Å². The number of aromatic nitrogens is 2. The van der Waals surface area contributed by atoms with Crippen LogP contribution in [0.25, 0.3) is 0 Å². The highest BCUT2D eigenvalue weighted by molar-refractivity contribution is 14.0. The predicted octanol–water partition coefficient (Wildman–Crippen LogP) is 4.06. The fourth-order valence-corrected chi connectivity index (χ4v) is 2.24. The molecule has 2 N–H and O–H groups in total. The maximum absolute atomic E-state index is 4.99. The SMILES string of the molecule is Cc1ccc(CN=C(NCc2noc(C)n2)Nc2ccccc2)cc1.I. The van der Waals surface area contributed by atoms with E-state index in [-0.39, 0.29) is 24.0 Å². The Kier molecular flexibility index (Phi) is 7.58. The lowest BCUT2D eigenvalue weighted by Crippen LogP contribution is -2.30. The second-order valence-electron chi connectivity index (χ2n) is 5.72. The Hall–Kier alpha value is -2.42. The lowest BCUT2D eigenvalue weighted by molar-refractivity contribution is 0.387. The van der Waals surface area contributed by atoms with Gasteiger partial charge >= 0.3 is 0 Å². The number of halogens is 1. The number of nitrogens with zero attached hydrogens (tertiary/aromatic N) is 3. The fourth-order valence-electron chi connectivity index (χ4n) is 2.24. The lowest BCUT2D eigenvalue weighted by atomic mass is 10.1. The summed E-state index contributed by atoms with van der Waals surface area (Å²) in [6.45, 7) is 4.85. The van der Waals surface area contributed by atoms with Gasteiger partial charge in [0.15, 0.2) is 11.8 Å². The van der Waals surface area contributed by atoms with Crippen molar-refractivity contribution in [3.05, 3.63) is 77.4 Å². The number of hydrogen-bond donors (Lipinski definition) is 2. The van der Waals surface area contributed by atoms with E-state index < -0.39 is 0 Å². The van der Waals surface area contributed by atoms with Crippen LogP contribution >= 0.6 is 24.0 Å². The molecule has 0 fully saturated rings. The number of anilines is 1. The first-order chi connectivity index (χ1) is 12.2. The van der Waals surface area contributed by atoms with Crippen LogP contribution in [0.2, 0.25) is 0 Å². The van der Waals surface area contributed by atoms with Crippen molar-refractivity contribution in [2.75, 3.05) is 5.32 Å². The first kappa shape index (κ1) is 19.9. The minimum Gasteiger partial charge on any atom is -0.349 e. The van der Waals surface area contributed by atoms with Crippen LogP contribution in [0.15, 0.2) is 64.1 Å². The van der Waals surface area contributed by atoms with Crippen molar-refractivity contribution in [2.45, 2.75) is 26.9 Å². The Morgan fingerprint density at radius 3 is 2.42 bits per heavy atom. The number of benzene rings is 2. The third-order valence-electron chi connectivity index (χ3n) is 3.56. The molecule has 0 aliphatic rings. The molecule has 3 aromatic rings. The molecule has 0 aliphatic heterocycles. The van der Waals surface area contributed by atoms with Gasteiger partial charge in [-0.3, -0.25) is 0 Å². The van der Waals surface area contributed by atoms with Crippen molar-refractivity contribution in [3.63, 3.8) is 0 Å². The van der Waals surface area contributed by atoms with Gasteiger partial charge in [0.25, 0.3) is 0 Å². The van der Waals surface area contributed by atoms with Crippen molar-refractivity contribution in [1.29, 1.82) is 0 Å². The van der Waals surface area contributed by atoms with Gasteiger partial charge in [-0.1, -0.05) is 53.2 Å². The van der Waals surface area contributed by atoms with Crippen LogP contribution in [0.5, 0.6) is 0 Å². The molecule has 26 heavy (non-hydrogen) atoms. The number of hydrogen-bond acceptors (Lipinski definition) is 4. The molecule has 7 heteroatoms. The van der Waals surface area contributed by atoms with E-state index in [0.717, 1.165) is 11.3 Å². The number of nitrogens with one attached hydrogen (secondary N) is 2. The molecule has 0 aliphatic carbocycles. The van der Waals surface area contributed by atoms with Crippen molar-refractivity contribution >= 4 is 35.6 Å². The molecule has 0 spiro atoms. The van der Waals surface area contributed by atoms with Crippen LogP contribution in [-0.4, -0.2) is 16.1 Å². The molecule has 0 atom stereocenters. The second kappa shape index (κ2) is 9.91. The highest BCUT2D eigenvalue weighted by Gasteiger charge is 2.05. The molecule has 3 rings (SSSR count). The van der Waals surface area contributed by atoms with Crippen LogP contribution in [-0.2, 0) is 13.1 Å². The zero-order valence-electron chi connectivity index (χ0n) is 14.8. The minimum atomic E-state index is 0. The van der Waals surface area contributed by atoms with E-state index in [1.54, 1.807) is 6.92 Å². The van der Waals surface area contributed by atoms with Gasteiger partial charge in [-0.05, 0) is 24.6 Å². The zero-order valence-corrected chi connectivity index (χ0v) is 17.1. The number of aliphatic imine (C=N–C) groups is 1. The predicted molar refractivity (Wildman–Crippen MR) is 114 cm³/mol. The Balaban J connectivity index is 0.00000243. The molecule has 1 heterocycles. The van der Waals surface area contributed by atoms with Crippen molar-refractivity contribution in [1.82, 2.24) is 15.5 Å². The first-order valence-electron chi connectivity index (χ1n) is 8.14. The summed E-state index contributed by atoms with van der Waals surface area (Å²) in [5.41, 5.74) is 3.35. The molecule has 0 unspecified atom stereocenters. The van der Waals surface area contributed by atoms with Crippen LogP contribution in [0.4, 0.5) is 5.69 Å². The smallest absolute Gasteiger partial charge is 0.223 e. The number of rotatable bonds is 5. The molecule has 0 saturated carbocycles. The summed E-state index contributed by atoms with van der Waals surface area (Å²) in [5, 5.41) is 10.4. The molecule has 0 bridgehead atoms. The maximum Gasteiger partial charge on any atom is 0.223 e. The van der Waals surface area contributed by atoms with Crippen molar-refractivity contribution in [2.24, 2.45) is 4.99 Å². The highest BCUT2D eigenvalue weighted by atomic mass is 127.